The largest absolute Gasteiger partial charge is 0.496 e. The number of carbonyl (C=O) groups excluding carboxylic acids is 2. The summed E-state index contributed by atoms with van der Waals surface area (Å²) in [6.45, 7) is 9.59. The number of piperidine rings is 1. The molecule has 0 radical (unpaired) electrons. The third-order valence-corrected chi connectivity index (χ3v) is 10.2. The van der Waals surface area contributed by atoms with Gasteiger partial charge in [-0.25, -0.2) is 0 Å². The average Bonchev–Trinajstić information content (AvgIpc) is 3.37. The molecule has 5 aliphatic rings. The topological polar surface area (TPSA) is 93.5 Å². The van der Waals surface area contributed by atoms with Gasteiger partial charge in [0.15, 0.2) is 5.78 Å². The number of amides is 1. The molecule has 1 aromatic rings. The van der Waals surface area contributed by atoms with Crippen LogP contribution in [0.5, 0.6) is 5.75 Å². The number of fused-ring (bicyclic) bond motifs is 3. The molecular weight excluding hydrogens is 434 g/mol. The Labute approximate surface area is 200 Å². The summed E-state index contributed by atoms with van der Waals surface area (Å²) < 4.78 is 5.57. The van der Waals surface area contributed by atoms with E-state index in [0.717, 1.165) is 31.4 Å². The third-order valence-electron chi connectivity index (χ3n) is 10.2. The van der Waals surface area contributed by atoms with Crippen molar-refractivity contribution in [3.63, 3.8) is 0 Å². The minimum atomic E-state index is -0.973. The predicted octanol–water partition coefficient (Wildman–Crippen LogP) is 3.38. The number of rotatable bonds is 2. The van der Waals surface area contributed by atoms with E-state index in [9.17, 15) is 20.0 Å². The highest BCUT2D eigenvalue weighted by atomic mass is 16.8. The maximum atomic E-state index is 14.7. The number of anilines is 1. The smallest absolute Gasteiger partial charge is 0.238 e. The summed E-state index contributed by atoms with van der Waals surface area (Å²) in [6.07, 6.45) is 3.56. The van der Waals surface area contributed by atoms with Crippen LogP contribution < -0.4 is 9.64 Å². The van der Waals surface area contributed by atoms with Gasteiger partial charge in [0.2, 0.25) is 5.91 Å². The first-order valence-corrected chi connectivity index (χ1v) is 12.4. The van der Waals surface area contributed by atoms with Crippen molar-refractivity contribution in [2.24, 2.45) is 11.3 Å². The molecule has 4 atom stereocenters. The minimum absolute atomic E-state index is 0.0191. The van der Waals surface area contributed by atoms with Crippen molar-refractivity contribution in [1.82, 2.24) is 10.1 Å². The summed E-state index contributed by atoms with van der Waals surface area (Å²) in [7, 11) is 1.55. The molecule has 2 N–H and O–H groups in total. The first-order chi connectivity index (χ1) is 15.9. The Kier molecular flexibility index (Phi) is 4.36. The van der Waals surface area contributed by atoms with Gasteiger partial charge in [-0.3, -0.25) is 24.9 Å². The molecule has 1 amide bonds. The van der Waals surface area contributed by atoms with Gasteiger partial charge in [0.25, 0.3) is 0 Å². The molecule has 0 aromatic heterocycles. The Morgan fingerprint density at radius 3 is 2.56 bits per heavy atom. The summed E-state index contributed by atoms with van der Waals surface area (Å²) in [5.74, 6) is 0.337. The van der Waals surface area contributed by atoms with Gasteiger partial charge in [-0.2, -0.15) is 0 Å². The highest BCUT2D eigenvalue weighted by Gasteiger charge is 2.76. The Morgan fingerprint density at radius 2 is 1.88 bits per heavy atom. The number of ether oxygens (including phenoxy) is 1. The first-order valence-electron chi connectivity index (χ1n) is 12.4. The van der Waals surface area contributed by atoms with Gasteiger partial charge in [-0.05, 0) is 69.0 Å². The van der Waals surface area contributed by atoms with E-state index in [1.807, 2.05) is 30.9 Å². The van der Waals surface area contributed by atoms with Crippen LogP contribution in [0.15, 0.2) is 12.1 Å². The molecule has 1 aliphatic carbocycles. The van der Waals surface area contributed by atoms with Crippen LogP contribution in [-0.2, 0) is 10.2 Å². The van der Waals surface area contributed by atoms with Gasteiger partial charge < -0.3 is 9.64 Å². The van der Waals surface area contributed by atoms with Crippen molar-refractivity contribution >= 4 is 17.4 Å². The summed E-state index contributed by atoms with van der Waals surface area (Å²) >= 11 is 0. The normalized spacial score (nSPS) is 37.4. The molecule has 1 spiro atoms. The second-order valence-electron chi connectivity index (χ2n) is 12.3. The molecule has 184 valence electrons. The fourth-order valence-electron chi connectivity index (χ4n) is 8.65. The quantitative estimate of drug-likeness (QED) is 0.642. The van der Waals surface area contributed by atoms with E-state index in [1.54, 1.807) is 7.11 Å². The number of hydrogen-bond acceptors (Lipinski definition) is 7. The van der Waals surface area contributed by atoms with E-state index >= 15 is 0 Å². The van der Waals surface area contributed by atoms with Crippen molar-refractivity contribution in [1.29, 1.82) is 0 Å². The molecule has 0 bridgehead atoms. The van der Waals surface area contributed by atoms with Crippen LogP contribution in [0.2, 0.25) is 0 Å². The average molecular weight is 470 g/mol. The van der Waals surface area contributed by atoms with Crippen LogP contribution in [0.4, 0.5) is 5.69 Å². The monoisotopic (exact) mass is 469 g/mol. The summed E-state index contributed by atoms with van der Waals surface area (Å²) in [5, 5.41) is 21.9. The van der Waals surface area contributed by atoms with Crippen molar-refractivity contribution in [3.05, 3.63) is 23.3 Å². The molecular formula is C26H35N3O5. The van der Waals surface area contributed by atoms with E-state index < -0.39 is 21.9 Å². The van der Waals surface area contributed by atoms with E-state index in [-0.39, 0.29) is 24.0 Å². The number of benzene rings is 1. The Morgan fingerprint density at radius 1 is 1.15 bits per heavy atom. The Balaban J connectivity index is 1.62. The number of carbonyl (C=O) groups is 2. The van der Waals surface area contributed by atoms with E-state index in [1.165, 1.54) is 0 Å². The van der Waals surface area contributed by atoms with Gasteiger partial charge in [-0.15, -0.1) is 0 Å². The highest BCUT2D eigenvalue weighted by Crippen LogP contribution is 2.70. The Hall–Kier alpha value is -2.00. The SMILES string of the molecule is COc1ccc2c3c1C(=O)CC(C)(C)N3C(=O)[C@@]21C[C@]2(N(O)O)CN3CCC[C@@H]3C[C@H]2C1(C)C. The zero-order valence-electron chi connectivity index (χ0n) is 20.7. The van der Waals surface area contributed by atoms with Gasteiger partial charge in [-0.1, -0.05) is 25.1 Å². The van der Waals surface area contributed by atoms with Gasteiger partial charge in [0, 0.05) is 24.5 Å². The van der Waals surface area contributed by atoms with E-state index in [4.69, 9.17) is 4.74 Å². The fraction of sp³-hybridized carbons (Fsp3) is 0.692. The van der Waals surface area contributed by atoms with Gasteiger partial charge >= 0.3 is 0 Å². The molecule has 3 fully saturated rings. The zero-order valence-corrected chi connectivity index (χ0v) is 20.7. The summed E-state index contributed by atoms with van der Waals surface area (Å²) in [6, 6.07) is 4.15. The molecule has 1 saturated carbocycles. The minimum Gasteiger partial charge on any atom is -0.496 e. The lowest BCUT2D eigenvalue weighted by atomic mass is 9.60. The van der Waals surface area contributed by atoms with Crippen LogP contribution in [0.25, 0.3) is 0 Å². The van der Waals surface area contributed by atoms with Crippen molar-refractivity contribution in [3.8, 4) is 5.75 Å². The molecule has 4 heterocycles. The molecule has 1 aromatic carbocycles. The second-order valence-corrected chi connectivity index (χ2v) is 12.3. The lowest BCUT2D eigenvalue weighted by molar-refractivity contribution is -0.379. The number of ketones is 1. The number of hydroxylamine groups is 2. The van der Waals surface area contributed by atoms with Crippen molar-refractivity contribution in [2.75, 3.05) is 25.1 Å². The zero-order chi connectivity index (χ0) is 24.4. The van der Waals surface area contributed by atoms with Crippen LogP contribution in [-0.4, -0.2) is 69.6 Å². The van der Waals surface area contributed by atoms with Crippen molar-refractivity contribution in [2.45, 2.75) is 82.3 Å². The lowest BCUT2D eigenvalue weighted by Gasteiger charge is -2.50. The lowest BCUT2D eigenvalue weighted by Crippen LogP contribution is -2.62. The molecule has 8 heteroatoms. The second kappa shape index (κ2) is 6.60. The fourth-order valence-corrected chi connectivity index (χ4v) is 8.65. The molecule has 4 aliphatic heterocycles. The summed E-state index contributed by atoms with van der Waals surface area (Å²) in [5.41, 5.74) is -1.21. The highest BCUT2D eigenvalue weighted by molar-refractivity contribution is 6.19. The number of methoxy groups -OCH3 is 1. The number of nitrogens with zero attached hydrogens (tertiary/aromatic N) is 3. The van der Waals surface area contributed by atoms with Crippen LogP contribution >= 0.6 is 0 Å². The third kappa shape index (κ3) is 2.33. The van der Waals surface area contributed by atoms with Crippen LogP contribution in [0.1, 0.15) is 75.7 Å². The van der Waals surface area contributed by atoms with E-state index in [0.29, 0.717) is 41.2 Å². The molecule has 34 heavy (non-hydrogen) atoms. The maximum Gasteiger partial charge on any atom is 0.238 e. The number of Topliss-reactive ketones (excluding diaryl/α,β-unsaturated/α-hetero) is 1. The number of hydrogen-bond donors (Lipinski definition) is 2. The van der Waals surface area contributed by atoms with Crippen LogP contribution in [0, 0.1) is 11.3 Å². The molecule has 6 rings (SSSR count). The first kappa shape index (κ1) is 22.5. The Bertz CT molecular complexity index is 1110. The van der Waals surface area contributed by atoms with E-state index in [2.05, 4.69) is 18.7 Å². The van der Waals surface area contributed by atoms with Gasteiger partial charge in [0.1, 0.15) is 5.75 Å². The standard InChI is InChI=1S/C26H35N3O5/c1-23(2)12-17(30)20-18(34-5)9-8-16-21(20)28(23)22(31)26(16)13-25(29(32)33)14-27-10-6-7-15(27)11-19(25)24(26,3)4/h8-9,15,19,32-33H,6-7,10-14H2,1-5H3/t15-,19+,25+,26-/m1/s1. The predicted molar refractivity (Wildman–Crippen MR) is 124 cm³/mol. The maximum absolute atomic E-state index is 14.7. The van der Waals surface area contributed by atoms with Crippen molar-refractivity contribution < 1.29 is 24.7 Å². The van der Waals surface area contributed by atoms with Crippen LogP contribution in [0.3, 0.4) is 0 Å². The molecule has 8 nitrogen and oxygen atoms in total. The molecule has 0 unspecified atom stereocenters. The molecule has 2 saturated heterocycles. The van der Waals surface area contributed by atoms with Gasteiger partial charge in [0.05, 0.1) is 29.3 Å². The summed E-state index contributed by atoms with van der Waals surface area (Å²) in [4.78, 5) is 32.2.